The number of anilines is 1. The van der Waals surface area contributed by atoms with Gasteiger partial charge in [0.1, 0.15) is 0 Å². The molecule has 1 aromatic rings. The van der Waals surface area contributed by atoms with Crippen LogP contribution in [0.1, 0.15) is 0 Å². The van der Waals surface area contributed by atoms with E-state index in [9.17, 15) is 0 Å². The van der Waals surface area contributed by atoms with Gasteiger partial charge in [-0.1, -0.05) is 21.9 Å². The second kappa shape index (κ2) is 4.54. The Hall–Kier alpha value is -0.460. The van der Waals surface area contributed by atoms with E-state index >= 15 is 0 Å². The summed E-state index contributed by atoms with van der Waals surface area (Å²) in [7, 11) is 0. The van der Waals surface area contributed by atoms with Crippen LogP contribution in [0.4, 0.5) is 5.69 Å². The average Bonchev–Trinajstić information content (AvgIpc) is 2.07. The van der Waals surface area contributed by atoms with Gasteiger partial charge in [-0.3, -0.25) is 0 Å². The summed E-state index contributed by atoms with van der Waals surface area (Å²) >= 11 is 6.78. The van der Waals surface area contributed by atoms with E-state index in [-0.39, 0.29) is 0 Å². The molecule has 62 valence electrons. The lowest BCUT2D eigenvalue weighted by atomic mass is 10.3. The monoisotopic (exact) mass is 287 g/mol. The summed E-state index contributed by atoms with van der Waals surface area (Å²) in [6.45, 7) is 0.537. The third-order valence-corrected chi connectivity index (χ3v) is 2.49. The van der Waals surface area contributed by atoms with E-state index in [2.05, 4.69) is 43.1 Å². The first-order chi connectivity index (χ1) is 5.74. The number of hydrogen-bond donors (Lipinski definition) is 1. The Labute approximate surface area is 88.8 Å². The molecule has 0 bridgehead atoms. The van der Waals surface area contributed by atoms with Crippen LogP contribution in [0.2, 0.25) is 0 Å². The molecule has 0 saturated carbocycles. The lowest BCUT2D eigenvalue weighted by molar-refractivity contribution is 1.36. The van der Waals surface area contributed by atoms with Gasteiger partial charge in [0.25, 0.3) is 0 Å². The quantitative estimate of drug-likeness (QED) is 0.824. The molecule has 0 aliphatic carbocycles. The molecule has 0 atom stereocenters. The van der Waals surface area contributed by atoms with Crippen molar-refractivity contribution in [3.05, 3.63) is 27.1 Å². The Bertz CT molecular complexity index is 315. The highest BCUT2D eigenvalue weighted by Gasteiger charge is 1.97. The zero-order valence-electron chi connectivity index (χ0n) is 6.27. The highest BCUT2D eigenvalue weighted by atomic mass is 79.9. The van der Waals surface area contributed by atoms with E-state index in [0.29, 0.717) is 6.54 Å². The van der Waals surface area contributed by atoms with E-state index in [1.165, 1.54) is 0 Å². The molecule has 1 nitrogen and oxygen atoms in total. The number of hydrogen-bond acceptors (Lipinski definition) is 1. The first-order valence-electron chi connectivity index (χ1n) is 3.36. The number of benzene rings is 1. The molecule has 1 N–H and O–H groups in total. The van der Waals surface area contributed by atoms with Gasteiger partial charge in [0.15, 0.2) is 0 Å². The smallest absolute Gasteiger partial charge is 0.0763 e. The maximum atomic E-state index is 5.12. The molecule has 0 spiro atoms. The third-order valence-electron chi connectivity index (χ3n) is 1.31. The van der Waals surface area contributed by atoms with Gasteiger partial charge in [-0.15, -0.1) is 6.42 Å². The third kappa shape index (κ3) is 2.54. The molecule has 0 aromatic heterocycles. The molecule has 0 radical (unpaired) electrons. The van der Waals surface area contributed by atoms with E-state index in [1.807, 2.05) is 18.2 Å². The summed E-state index contributed by atoms with van der Waals surface area (Å²) in [4.78, 5) is 0. The highest BCUT2D eigenvalue weighted by molar-refractivity contribution is 9.11. The Morgan fingerprint density at radius 3 is 2.83 bits per heavy atom. The van der Waals surface area contributed by atoms with Crippen LogP contribution < -0.4 is 5.32 Å². The second-order valence-electron chi connectivity index (χ2n) is 2.18. The molecule has 0 aliphatic heterocycles. The molecule has 0 aliphatic rings. The van der Waals surface area contributed by atoms with Crippen molar-refractivity contribution >= 4 is 37.5 Å². The summed E-state index contributed by atoms with van der Waals surface area (Å²) in [5.74, 6) is 2.52. The molecule has 0 unspecified atom stereocenters. The molecule has 0 heterocycles. The zero-order valence-corrected chi connectivity index (χ0v) is 9.44. The first kappa shape index (κ1) is 9.63. The molecular formula is C9H7Br2N. The number of rotatable bonds is 2. The first-order valence-corrected chi connectivity index (χ1v) is 4.95. The minimum absolute atomic E-state index is 0.537. The van der Waals surface area contributed by atoms with Crippen molar-refractivity contribution in [3.8, 4) is 12.3 Å². The topological polar surface area (TPSA) is 12.0 Å². The molecule has 0 amide bonds. The Balaban J connectivity index is 2.84. The zero-order chi connectivity index (χ0) is 8.97. The van der Waals surface area contributed by atoms with Crippen LogP contribution in [0.25, 0.3) is 0 Å². The maximum Gasteiger partial charge on any atom is 0.0763 e. The van der Waals surface area contributed by atoms with Crippen LogP contribution in [0.3, 0.4) is 0 Å². The molecule has 3 heteroatoms. The van der Waals surface area contributed by atoms with Gasteiger partial charge >= 0.3 is 0 Å². The fourth-order valence-electron chi connectivity index (χ4n) is 0.779. The van der Waals surface area contributed by atoms with Crippen molar-refractivity contribution in [2.45, 2.75) is 0 Å². The van der Waals surface area contributed by atoms with Gasteiger partial charge in [-0.05, 0) is 34.1 Å². The van der Waals surface area contributed by atoms with E-state index in [0.717, 1.165) is 14.6 Å². The summed E-state index contributed by atoms with van der Waals surface area (Å²) in [5.41, 5.74) is 1.00. The highest BCUT2D eigenvalue weighted by Crippen LogP contribution is 2.25. The van der Waals surface area contributed by atoms with Gasteiger partial charge in [-0.25, -0.2) is 0 Å². The largest absolute Gasteiger partial charge is 0.373 e. The van der Waals surface area contributed by atoms with Crippen molar-refractivity contribution in [2.24, 2.45) is 0 Å². The standard InChI is InChI=1S/C9H7Br2N/c1-2-5-12-9-6-7(10)3-4-8(9)11/h1,3-4,6,12H,5H2. The van der Waals surface area contributed by atoms with Crippen LogP contribution >= 0.6 is 31.9 Å². The van der Waals surface area contributed by atoms with Crippen LogP contribution in [-0.2, 0) is 0 Å². The molecule has 0 saturated heterocycles. The Morgan fingerprint density at radius 1 is 1.42 bits per heavy atom. The average molecular weight is 289 g/mol. The van der Waals surface area contributed by atoms with Crippen LogP contribution in [0.15, 0.2) is 27.1 Å². The summed E-state index contributed by atoms with van der Waals surface area (Å²) < 4.78 is 2.05. The molecule has 12 heavy (non-hydrogen) atoms. The second-order valence-corrected chi connectivity index (χ2v) is 3.95. The number of nitrogens with one attached hydrogen (secondary N) is 1. The predicted octanol–water partition coefficient (Wildman–Crippen LogP) is 3.26. The van der Waals surface area contributed by atoms with E-state index in [4.69, 9.17) is 6.42 Å². The predicted molar refractivity (Wildman–Crippen MR) is 59.2 cm³/mol. The summed E-state index contributed by atoms with van der Waals surface area (Å²) in [6.07, 6.45) is 5.12. The van der Waals surface area contributed by atoms with Crippen molar-refractivity contribution in [3.63, 3.8) is 0 Å². The van der Waals surface area contributed by atoms with Crippen molar-refractivity contribution in [2.75, 3.05) is 11.9 Å². The minimum atomic E-state index is 0.537. The summed E-state index contributed by atoms with van der Waals surface area (Å²) in [5, 5.41) is 3.09. The normalized spacial score (nSPS) is 9.08. The van der Waals surface area contributed by atoms with Crippen LogP contribution in [0.5, 0.6) is 0 Å². The maximum absolute atomic E-state index is 5.12. The molecule has 1 aromatic carbocycles. The van der Waals surface area contributed by atoms with E-state index < -0.39 is 0 Å². The Morgan fingerprint density at radius 2 is 2.17 bits per heavy atom. The van der Waals surface area contributed by atoms with Gasteiger partial charge < -0.3 is 5.32 Å². The Kier molecular flexibility index (Phi) is 3.64. The van der Waals surface area contributed by atoms with Crippen LogP contribution in [-0.4, -0.2) is 6.54 Å². The fraction of sp³-hybridized carbons (Fsp3) is 0.111. The molecule has 0 fully saturated rings. The van der Waals surface area contributed by atoms with Gasteiger partial charge in [0, 0.05) is 8.95 Å². The number of terminal acetylenes is 1. The SMILES string of the molecule is C#CCNc1cc(Br)ccc1Br. The van der Waals surface area contributed by atoms with Crippen molar-refractivity contribution in [1.29, 1.82) is 0 Å². The summed E-state index contributed by atoms with van der Waals surface area (Å²) in [6, 6.07) is 5.90. The van der Waals surface area contributed by atoms with Crippen LogP contribution in [0, 0.1) is 12.3 Å². The molecular weight excluding hydrogens is 282 g/mol. The van der Waals surface area contributed by atoms with Gasteiger partial charge in [-0.2, -0.15) is 0 Å². The molecule has 1 rings (SSSR count). The van der Waals surface area contributed by atoms with Crippen molar-refractivity contribution in [1.82, 2.24) is 0 Å². The van der Waals surface area contributed by atoms with E-state index in [1.54, 1.807) is 0 Å². The van der Waals surface area contributed by atoms with Crippen molar-refractivity contribution < 1.29 is 0 Å². The lowest BCUT2D eigenvalue weighted by Gasteiger charge is -2.05. The lowest BCUT2D eigenvalue weighted by Crippen LogP contribution is -1.98. The minimum Gasteiger partial charge on any atom is -0.373 e. The van der Waals surface area contributed by atoms with Gasteiger partial charge in [0.2, 0.25) is 0 Å². The fourth-order valence-corrected chi connectivity index (χ4v) is 1.53. The number of halogens is 2. The van der Waals surface area contributed by atoms with Gasteiger partial charge in [0.05, 0.1) is 12.2 Å².